The van der Waals surface area contributed by atoms with E-state index in [-0.39, 0.29) is 0 Å². The van der Waals surface area contributed by atoms with Gasteiger partial charge in [0.25, 0.3) is 0 Å². The fourth-order valence-corrected chi connectivity index (χ4v) is 1.83. The number of hydrogen-bond donors (Lipinski definition) is 0. The highest BCUT2D eigenvalue weighted by Crippen LogP contribution is 2.27. The Hall–Kier alpha value is -0.300. The van der Waals surface area contributed by atoms with Gasteiger partial charge in [0.1, 0.15) is 0 Å². The fourth-order valence-electron chi connectivity index (χ4n) is 1.83. The zero-order valence-corrected chi connectivity index (χ0v) is 8.80. The van der Waals surface area contributed by atoms with Crippen LogP contribution in [0.2, 0.25) is 0 Å². The van der Waals surface area contributed by atoms with Crippen LogP contribution in [0.15, 0.2) is 11.6 Å². The third-order valence-electron chi connectivity index (χ3n) is 2.84. The van der Waals surface area contributed by atoms with Crippen LogP contribution in [0.4, 0.5) is 0 Å². The lowest BCUT2D eigenvalue weighted by Gasteiger charge is -2.26. The van der Waals surface area contributed by atoms with Gasteiger partial charge in [0, 0.05) is 6.54 Å². The van der Waals surface area contributed by atoms with Crippen molar-refractivity contribution in [3.8, 4) is 0 Å². The number of rotatable bonds is 2. The van der Waals surface area contributed by atoms with E-state index in [0.717, 1.165) is 18.4 Å². The predicted octanol–water partition coefficient (Wildman–Crippen LogP) is 2.54. The molecule has 2 atom stereocenters. The van der Waals surface area contributed by atoms with Crippen molar-refractivity contribution in [1.29, 1.82) is 0 Å². The summed E-state index contributed by atoms with van der Waals surface area (Å²) >= 11 is 0. The highest BCUT2D eigenvalue weighted by molar-refractivity contribution is 5.10. The Balaban J connectivity index is 2.50. The van der Waals surface area contributed by atoms with Gasteiger partial charge in [-0.3, -0.25) is 0 Å². The van der Waals surface area contributed by atoms with E-state index in [0.29, 0.717) is 0 Å². The van der Waals surface area contributed by atoms with Gasteiger partial charge in [0.05, 0.1) is 0 Å². The van der Waals surface area contributed by atoms with Crippen LogP contribution < -0.4 is 0 Å². The summed E-state index contributed by atoms with van der Waals surface area (Å²) < 4.78 is 0. The Bertz CT molecular complexity index is 170. The van der Waals surface area contributed by atoms with E-state index < -0.39 is 0 Å². The Morgan fingerprint density at radius 3 is 2.58 bits per heavy atom. The third kappa shape index (κ3) is 2.63. The van der Waals surface area contributed by atoms with Crippen molar-refractivity contribution in [3.05, 3.63) is 11.6 Å². The summed E-state index contributed by atoms with van der Waals surface area (Å²) in [5.41, 5.74) is 1.63. The summed E-state index contributed by atoms with van der Waals surface area (Å²) in [7, 11) is 4.28. The summed E-state index contributed by atoms with van der Waals surface area (Å²) in [5, 5.41) is 0. The Morgan fingerprint density at radius 1 is 1.42 bits per heavy atom. The summed E-state index contributed by atoms with van der Waals surface area (Å²) in [4.78, 5) is 2.26. The number of likely N-dealkylation sites (N-methyl/N-ethyl adjacent to an activating group) is 1. The molecule has 0 aromatic heterocycles. The van der Waals surface area contributed by atoms with Crippen molar-refractivity contribution in [2.75, 3.05) is 20.6 Å². The molecule has 0 saturated carbocycles. The summed E-state index contributed by atoms with van der Waals surface area (Å²) in [5.74, 6) is 1.67. The normalized spacial score (nSPS) is 30.6. The van der Waals surface area contributed by atoms with Crippen LogP contribution in [-0.2, 0) is 0 Å². The van der Waals surface area contributed by atoms with Gasteiger partial charge in [-0.25, -0.2) is 0 Å². The van der Waals surface area contributed by atoms with Crippen LogP contribution in [0.3, 0.4) is 0 Å². The van der Waals surface area contributed by atoms with Crippen molar-refractivity contribution in [2.45, 2.75) is 26.7 Å². The van der Waals surface area contributed by atoms with Crippen LogP contribution in [0.25, 0.3) is 0 Å². The van der Waals surface area contributed by atoms with Gasteiger partial charge in [-0.05, 0) is 38.8 Å². The van der Waals surface area contributed by atoms with Crippen molar-refractivity contribution in [2.24, 2.45) is 11.8 Å². The molecule has 0 aromatic rings. The lowest BCUT2D eigenvalue weighted by molar-refractivity contribution is 0.375. The first-order chi connectivity index (χ1) is 5.59. The second-order valence-corrected chi connectivity index (χ2v) is 4.44. The number of allylic oxidation sites excluding steroid dienone is 1. The molecular weight excluding hydrogens is 146 g/mol. The molecule has 1 heteroatoms. The fraction of sp³-hybridized carbons (Fsp3) is 0.818. The average Bonchev–Trinajstić information content (AvgIpc) is 1.96. The second kappa shape index (κ2) is 4.08. The van der Waals surface area contributed by atoms with E-state index in [1.165, 1.54) is 12.8 Å². The maximum atomic E-state index is 2.47. The number of nitrogens with zero attached hydrogens (tertiary/aromatic N) is 1. The topological polar surface area (TPSA) is 3.24 Å². The first-order valence-electron chi connectivity index (χ1n) is 4.94. The van der Waals surface area contributed by atoms with Crippen LogP contribution in [-0.4, -0.2) is 25.5 Å². The molecule has 70 valence electrons. The standard InChI is InChI=1S/C11H21N/c1-9-5-6-11(7-10(9)2)8-12(3)4/h7,9-10H,5-6,8H2,1-4H3. The van der Waals surface area contributed by atoms with Crippen molar-refractivity contribution >= 4 is 0 Å². The van der Waals surface area contributed by atoms with Gasteiger partial charge in [0.15, 0.2) is 0 Å². The third-order valence-corrected chi connectivity index (χ3v) is 2.84. The summed E-state index contributed by atoms with van der Waals surface area (Å²) in [6.45, 7) is 5.84. The van der Waals surface area contributed by atoms with E-state index in [1.54, 1.807) is 5.57 Å². The first kappa shape index (κ1) is 9.79. The molecule has 0 spiro atoms. The zero-order chi connectivity index (χ0) is 9.14. The maximum absolute atomic E-state index is 2.47. The van der Waals surface area contributed by atoms with Crippen molar-refractivity contribution in [3.63, 3.8) is 0 Å². The molecule has 0 bridgehead atoms. The molecule has 12 heavy (non-hydrogen) atoms. The molecule has 1 aliphatic rings. The van der Waals surface area contributed by atoms with E-state index >= 15 is 0 Å². The minimum absolute atomic E-state index is 0.786. The van der Waals surface area contributed by atoms with Crippen LogP contribution in [0, 0.1) is 11.8 Å². The molecule has 1 aliphatic carbocycles. The molecular formula is C11H21N. The quantitative estimate of drug-likeness (QED) is 0.571. The van der Waals surface area contributed by atoms with E-state index in [2.05, 4.69) is 38.9 Å². The Labute approximate surface area is 76.5 Å². The van der Waals surface area contributed by atoms with Gasteiger partial charge < -0.3 is 4.90 Å². The minimum atomic E-state index is 0.786. The molecule has 2 unspecified atom stereocenters. The van der Waals surface area contributed by atoms with Crippen molar-refractivity contribution in [1.82, 2.24) is 4.90 Å². The number of hydrogen-bond acceptors (Lipinski definition) is 1. The average molecular weight is 167 g/mol. The van der Waals surface area contributed by atoms with Gasteiger partial charge in [-0.2, -0.15) is 0 Å². The molecule has 0 fully saturated rings. The summed E-state index contributed by atoms with van der Waals surface area (Å²) in [6, 6.07) is 0. The highest BCUT2D eigenvalue weighted by Gasteiger charge is 2.16. The van der Waals surface area contributed by atoms with E-state index in [1.807, 2.05) is 0 Å². The molecule has 0 amide bonds. The van der Waals surface area contributed by atoms with E-state index in [9.17, 15) is 0 Å². The Kier molecular flexibility index (Phi) is 3.33. The first-order valence-corrected chi connectivity index (χ1v) is 4.94. The van der Waals surface area contributed by atoms with Gasteiger partial charge >= 0.3 is 0 Å². The largest absolute Gasteiger partial charge is 0.305 e. The smallest absolute Gasteiger partial charge is 0.0186 e. The molecule has 0 N–H and O–H groups in total. The molecule has 0 heterocycles. The lowest BCUT2D eigenvalue weighted by Crippen LogP contribution is -2.20. The lowest BCUT2D eigenvalue weighted by atomic mass is 9.83. The van der Waals surface area contributed by atoms with Crippen LogP contribution in [0.1, 0.15) is 26.7 Å². The van der Waals surface area contributed by atoms with Gasteiger partial charge in [-0.15, -0.1) is 0 Å². The predicted molar refractivity (Wildman–Crippen MR) is 54.2 cm³/mol. The van der Waals surface area contributed by atoms with Gasteiger partial charge in [0.2, 0.25) is 0 Å². The van der Waals surface area contributed by atoms with Gasteiger partial charge in [-0.1, -0.05) is 25.5 Å². The zero-order valence-electron chi connectivity index (χ0n) is 8.80. The highest BCUT2D eigenvalue weighted by atomic mass is 15.0. The minimum Gasteiger partial charge on any atom is -0.305 e. The molecule has 1 rings (SSSR count). The molecule has 0 aromatic carbocycles. The molecule has 0 radical (unpaired) electrons. The molecule has 0 saturated heterocycles. The van der Waals surface area contributed by atoms with E-state index in [4.69, 9.17) is 0 Å². The SMILES string of the molecule is CC1C=C(CN(C)C)CCC1C. The molecule has 1 nitrogen and oxygen atoms in total. The Morgan fingerprint density at radius 2 is 2.08 bits per heavy atom. The maximum Gasteiger partial charge on any atom is 0.0186 e. The summed E-state index contributed by atoms with van der Waals surface area (Å²) in [6.07, 6.45) is 5.15. The van der Waals surface area contributed by atoms with Crippen LogP contribution in [0.5, 0.6) is 0 Å². The van der Waals surface area contributed by atoms with Crippen LogP contribution >= 0.6 is 0 Å². The monoisotopic (exact) mass is 167 g/mol. The van der Waals surface area contributed by atoms with Crippen molar-refractivity contribution < 1.29 is 0 Å². The second-order valence-electron chi connectivity index (χ2n) is 4.44. The molecule has 0 aliphatic heterocycles.